The summed E-state index contributed by atoms with van der Waals surface area (Å²) in [6.45, 7) is 4.41. The van der Waals surface area contributed by atoms with Crippen LogP contribution in [0.25, 0.3) is 153 Å². The molecule has 0 heterocycles. The lowest BCUT2D eigenvalue weighted by Crippen LogP contribution is -2.04. The summed E-state index contributed by atoms with van der Waals surface area (Å²) in [6.07, 6.45) is 0. The summed E-state index contributed by atoms with van der Waals surface area (Å²) in [7, 11) is 0. The highest BCUT2D eigenvalue weighted by molar-refractivity contribution is 6.29. The van der Waals surface area contributed by atoms with Gasteiger partial charge in [0.25, 0.3) is 0 Å². The summed E-state index contributed by atoms with van der Waals surface area (Å²) < 4.78 is 0. The number of hydrogen-bond acceptors (Lipinski definition) is 0. The van der Waals surface area contributed by atoms with E-state index in [1.165, 1.54) is 164 Å². The van der Waals surface area contributed by atoms with Crippen LogP contribution in [0.4, 0.5) is 0 Å². The molecule has 0 unspecified atom stereocenters. The van der Waals surface area contributed by atoms with Gasteiger partial charge in [0.2, 0.25) is 0 Å². The van der Waals surface area contributed by atoms with Crippen molar-refractivity contribution in [1.29, 1.82) is 0 Å². The van der Waals surface area contributed by atoms with Crippen molar-refractivity contribution in [3.8, 4) is 66.8 Å². The molecule has 0 radical (unpaired) electrons. The summed E-state index contributed by atoms with van der Waals surface area (Å²) in [5, 5.41) is 19.6. The van der Waals surface area contributed by atoms with E-state index >= 15 is 0 Å². The molecular formula is C76H50. The molecule has 0 aliphatic heterocycles. The lowest BCUT2D eigenvalue weighted by molar-refractivity contribution is 1.46. The van der Waals surface area contributed by atoms with Crippen LogP contribution in [0.3, 0.4) is 0 Å². The van der Waals surface area contributed by atoms with Gasteiger partial charge in [-0.15, -0.1) is 0 Å². The number of rotatable bonds is 6. The van der Waals surface area contributed by atoms with Gasteiger partial charge in [-0.05, 0) is 191 Å². The van der Waals surface area contributed by atoms with Crippen LogP contribution >= 0.6 is 0 Å². The van der Waals surface area contributed by atoms with Crippen molar-refractivity contribution in [1.82, 2.24) is 0 Å². The average molecular weight is 963 g/mol. The van der Waals surface area contributed by atoms with Gasteiger partial charge in [-0.1, -0.05) is 254 Å². The number of fused-ring (bicyclic) bond motifs is 12. The Bertz CT molecular complexity index is 4290. The minimum Gasteiger partial charge on any atom is -0.0616 e. The van der Waals surface area contributed by atoms with Crippen molar-refractivity contribution in [3.63, 3.8) is 0 Å². The van der Waals surface area contributed by atoms with E-state index in [0.717, 1.165) is 0 Å². The van der Waals surface area contributed by atoms with Gasteiger partial charge in [0.1, 0.15) is 0 Å². The van der Waals surface area contributed by atoms with Gasteiger partial charge < -0.3 is 0 Å². The Balaban J connectivity index is 1.32. The fourth-order valence-corrected chi connectivity index (χ4v) is 12.9. The second-order valence-electron chi connectivity index (χ2n) is 20.7. The molecule has 0 atom stereocenters. The third-order valence-corrected chi connectivity index (χ3v) is 16.3. The molecule has 354 valence electrons. The maximum absolute atomic E-state index is 2.50. The average Bonchev–Trinajstić information content (AvgIpc) is 3.66. The molecule has 0 aliphatic rings. The van der Waals surface area contributed by atoms with Crippen molar-refractivity contribution in [2.75, 3.05) is 0 Å². The topological polar surface area (TPSA) is 0 Å². The molecule has 0 nitrogen and oxygen atoms in total. The smallest absolute Gasteiger partial charge is 0.000718 e. The number of benzene rings is 15. The summed E-state index contributed by atoms with van der Waals surface area (Å²) in [6, 6.07) is 101. The predicted molar refractivity (Wildman–Crippen MR) is 329 cm³/mol. The number of aryl methyl sites for hydroxylation is 2. The second kappa shape index (κ2) is 17.5. The number of hydrogen-bond donors (Lipinski definition) is 0. The standard InChI is InChI=1S/C76H50/c1-47-35-39-49(40-36-47)71-73(67-43-51-19-3-7-23-55(51)59-27-11-15-31-63(59)67)75(69-45-53-21-5-9-25-57(53)61-29-13-17-33-65(61)69)72(50-41-37-48(2)38-42-50)76(70-46-54-22-6-10-26-58(54)62-30-14-18-34-66(62)70)74(71)68-44-52-20-4-8-24-56(52)60-28-12-16-32-64(60)68/h3-46H,1-2H3. The molecule has 0 saturated heterocycles. The summed E-state index contributed by atoms with van der Waals surface area (Å²) in [4.78, 5) is 0. The van der Waals surface area contributed by atoms with E-state index in [1.807, 2.05) is 0 Å². The summed E-state index contributed by atoms with van der Waals surface area (Å²) in [5.74, 6) is 0. The lowest BCUT2D eigenvalue weighted by atomic mass is 9.71. The summed E-state index contributed by atoms with van der Waals surface area (Å²) in [5.41, 5.74) is 16.8. The largest absolute Gasteiger partial charge is 0.0616 e. The summed E-state index contributed by atoms with van der Waals surface area (Å²) >= 11 is 0. The Morgan fingerprint density at radius 3 is 0.605 bits per heavy atom. The molecule has 0 spiro atoms. The first-order valence-corrected chi connectivity index (χ1v) is 26.6. The van der Waals surface area contributed by atoms with Crippen LogP contribution in [-0.2, 0) is 0 Å². The van der Waals surface area contributed by atoms with E-state index in [4.69, 9.17) is 0 Å². The molecule has 0 N–H and O–H groups in total. The maximum Gasteiger partial charge on any atom is -0.000718 e. The molecule has 0 aromatic heterocycles. The van der Waals surface area contributed by atoms with E-state index < -0.39 is 0 Å². The zero-order valence-corrected chi connectivity index (χ0v) is 42.4. The maximum atomic E-state index is 2.50. The zero-order chi connectivity index (χ0) is 50.4. The molecule has 0 bridgehead atoms. The third-order valence-electron chi connectivity index (χ3n) is 16.3. The van der Waals surface area contributed by atoms with Crippen molar-refractivity contribution < 1.29 is 0 Å². The van der Waals surface area contributed by atoms with E-state index in [2.05, 4.69) is 281 Å². The van der Waals surface area contributed by atoms with Crippen molar-refractivity contribution >= 4 is 86.2 Å². The van der Waals surface area contributed by atoms with Gasteiger partial charge in [0.05, 0.1) is 0 Å². The molecule has 15 rings (SSSR count). The van der Waals surface area contributed by atoms with E-state index in [9.17, 15) is 0 Å². The molecule has 76 heavy (non-hydrogen) atoms. The first kappa shape index (κ1) is 43.9. The molecule has 0 fully saturated rings. The van der Waals surface area contributed by atoms with Crippen LogP contribution in [0.2, 0.25) is 0 Å². The van der Waals surface area contributed by atoms with E-state index in [-0.39, 0.29) is 0 Å². The Kier molecular flexibility index (Phi) is 10.1. The van der Waals surface area contributed by atoms with Gasteiger partial charge in [0, 0.05) is 0 Å². The third kappa shape index (κ3) is 6.84. The quantitative estimate of drug-likeness (QED) is 0.146. The SMILES string of the molecule is Cc1ccc(-c2c(-c3cc4ccccc4c4ccccc34)c(-c3cc4ccccc4c4ccccc34)c(-c3ccc(C)cc3)c(-c3cc4ccccc4c4ccccc34)c2-c2cc3ccccc3c3ccccc23)cc1. The van der Waals surface area contributed by atoms with Crippen molar-refractivity contribution in [3.05, 3.63) is 278 Å². The minimum atomic E-state index is 1.17. The van der Waals surface area contributed by atoms with Gasteiger partial charge in [-0.25, -0.2) is 0 Å². The monoisotopic (exact) mass is 962 g/mol. The Hall–Kier alpha value is -9.62. The Labute approximate surface area is 442 Å². The van der Waals surface area contributed by atoms with Crippen LogP contribution in [0.5, 0.6) is 0 Å². The fraction of sp³-hybridized carbons (Fsp3) is 0.0263. The van der Waals surface area contributed by atoms with Crippen LogP contribution in [0.15, 0.2) is 267 Å². The Morgan fingerprint density at radius 1 is 0.171 bits per heavy atom. The molecular weight excluding hydrogens is 913 g/mol. The highest BCUT2D eigenvalue weighted by Crippen LogP contribution is 2.60. The first-order valence-electron chi connectivity index (χ1n) is 26.6. The fourth-order valence-electron chi connectivity index (χ4n) is 12.9. The van der Waals surface area contributed by atoms with Crippen LogP contribution in [0.1, 0.15) is 11.1 Å². The van der Waals surface area contributed by atoms with Crippen molar-refractivity contribution in [2.24, 2.45) is 0 Å². The molecule has 0 heteroatoms. The lowest BCUT2D eigenvalue weighted by Gasteiger charge is -2.31. The molecule has 0 aliphatic carbocycles. The highest BCUT2D eigenvalue weighted by atomic mass is 14.3. The van der Waals surface area contributed by atoms with E-state index in [0.29, 0.717) is 0 Å². The van der Waals surface area contributed by atoms with Gasteiger partial charge in [0.15, 0.2) is 0 Å². The van der Waals surface area contributed by atoms with Gasteiger partial charge >= 0.3 is 0 Å². The van der Waals surface area contributed by atoms with Gasteiger partial charge in [-0.3, -0.25) is 0 Å². The Morgan fingerprint density at radius 2 is 0.368 bits per heavy atom. The first-order chi connectivity index (χ1) is 37.6. The second-order valence-corrected chi connectivity index (χ2v) is 20.7. The molecule has 15 aromatic carbocycles. The van der Waals surface area contributed by atoms with Gasteiger partial charge in [-0.2, -0.15) is 0 Å². The van der Waals surface area contributed by atoms with Crippen LogP contribution in [-0.4, -0.2) is 0 Å². The minimum absolute atomic E-state index is 1.17. The molecule has 15 aromatic rings. The molecule has 0 saturated carbocycles. The molecule has 0 amide bonds. The van der Waals surface area contributed by atoms with Crippen LogP contribution < -0.4 is 0 Å². The zero-order valence-electron chi connectivity index (χ0n) is 42.4. The normalized spacial score (nSPS) is 11.8. The van der Waals surface area contributed by atoms with Crippen molar-refractivity contribution in [2.45, 2.75) is 13.8 Å². The van der Waals surface area contributed by atoms with E-state index in [1.54, 1.807) is 0 Å². The highest BCUT2D eigenvalue weighted by Gasteiger charge is 2.33. The predicted octanol–water partition coefficient (Wildman–Crippen LogP) is 21.5. The van der Waals surface area contributed by atoms with Crippen LogP contribution in [0, 0.1) is 13.8 Å².